The molecule has 111 heavy (non-hydrogen) atoms. The molecular weight excluding hydrogens is 1530 g/mol. The van der Waals surface area contributed by atoms with Crippen molar-refractivity contribution in [1.82, 2.24) is 38.6 Å². The fourth-order valence-corrected chi connectivity index (χ4v) is 15.1. The zero-order valence-electron chi connectivity index (χ0n) is 62.1. The molecule has 580 valence electrons. The number of hydrogen-bond donors (Lipinski definition) is 0. The summed E-state index contributed by atoms with van der Waals surface area (Å²) in [5.41, 5.74) is 5.65. The van der Waals surface area contributed by atoms with Gasteiger partial charge in [-0.2, -0.15) is 17.5 Å². The van der Waals surface area contributed by atoms with E-state index in [1.807, 2.05) is 103 Å². The molecule has 0 N–H and O–H groups in total. The first-order valence-electron chi connectivity index (χ1n) is 36.5. The first kappa shape index (κ1) is 81.9. The summed E-state index contributed by atoms with van der Waals surface area (Å²) in [6, 6.07) is 53.5. The van der Waals surface area contributed by atoms with Gasteiger partial charge in [0.15, 0.2) is 11.5 Å². The van der Waals surface area contributed by atoms with Crippen molar-refractivity contribution in [3.8, 4) is 11.5 Å². The summed E-state index contributed by atoms with van der Waals surface area (Å²) >= 11 is 9.33. The van der Waals surface area contributed by atoms with Gasteiger partial charge < -0.3 is 34.0 Å². The Morgan fingerprint density at radius 3 is 1.71 bits per heavy atom. The topological polar surface area (TPSA) is 164 Å². The molecule has 0 aliphatic carbocycles. The molecular formula is C86H87BrClF5N8O9S. The summed E-state index contributed by atoms with van der Waals surface area (Å²) in [5, 5.41) is 0.761. The number of hydrogen-bond acceptors (Lipinski definition) is 11. The molecule has 5 amide bonds. The Kier molecular flexibility index (Phi) is 27.5. The first-order valence-corrected chi connectivity index (χ1v) is 39.2. The highest BCUT2D eigenvalue weighted by Crippen LogP contribution is 2.37. The van der Waals surface area contributed by atoms with Crippen molar-refractivity contribution in [2.24, 2.45) is 0 Å². The molecule has 8 aromatic rings. The van der Waals surface area contributed by atoms with Gasteiger partial charge in [-0.1, -0.05) is 164 Å². The van der Waals surface area contributed by atoms with Crippen LogP contribution in [0.3, 0.4) is 0 Å². The molecule has 13 rings (SSSR count). The van der Waals surface area contributed by atoms with Crippen molar-refractivity contribution in [3.05, 3.63) is 289 Å². The maximum absolute atomic E-state index is 14.6. The quantitative estimate of drug-likeness (QED) is 0.0514. The van der Waals surface area contributed by atoms with Gasteiger partial charge in [-0.05, 0) is 148 Å². The van der Waals surface area contributed by atoms with Crippen LogP contribution >= 0.6 is 27.5 Å². The van der Waals surface area contributed by atoms with E-state index in [4.69, 9.17) is 21.1 Å². The lowest BCUT2D eigenvalue weighted by Crippen LogP contribution is -2.51. The molecule has 0 bridgehead atoms. The largest absolute Gasteiger partial charge is 0.454 e. The predicted molar refractivity (Wildman–Crippen MR) is 424 cm³/mol. The van der Waals surface area contributed by atoms with E-state index >= 15 is 0 Å². The maximum atomic E-state index is 14.6. The van der Waals surface area contributed by atoms with Crippen LogP contribution in [-0.4, -0.2) is 188 Å². The Hall–Kier alpha value is -10.1. The number of aryl methyl sites for hydroxylation is 1. The molecule has 0 aromatic heterocycles. The van der Waals surface area contributed by atoms with E-state index in [9.17, 15) is 54.3 Å². The van der Waals surface area contributed by atoms with E-state index in [-0.39, 0.29) is 67.5 Å². The SMILES string of the molecule is Cc1ccccc1C=CC(=O)N1CCN(S(=O)(=O)c2ccc(C(C)(C)C)cc2)CC1.O=C(/C=C(/C(=C\c1ccc2c(c1)OCO2)C(=O)N1CCN(C(=O)c2ccc(F)cc2C(F)(F)F)CC1)c1ccccc1)N1CCN(Cc2ccccc2F)CC1.O=C(C=Cc1ccc(Br)cc1)N1CCN(Cc2ccc(Cl)cc2)CC1. The van der Waals surface area contributed by atoms with Crippen molar-refractivity contribution < 1.29 is 63.8 Å². The van der Waals surface area contributed by atoms with Crippen LogP contribution in [0.25, 0.3) is 23.8 Å². The Labute approximate surface area is 658 Å². The van der Waals surface area contributed by atoms with Crippen LogP contribution in [0.2, 0.25) is 5.02 Å². The molecule has 5 aliphatic heterocycles. The van der Waals surface area contributed by atoms with Crippen molar-refractivity contribution in [1.29, 1.82) is 0 Å². The number of alkyl halides is 3. The average molecular weight is 1620 g/mol. The number of piperazine rings is 4. The third kappa shape index (κ3) is 22.2. The van der Waals surface area contributed by atoms with E-state index in [1.165, 1.54) is 31.8 Å². The zero-order valence-corrected chi connectivity index (χ0v) is 65.3. The van der Waals surface area contributed by atoms with E-state index in [2.05, 4.69) is 58.6 Å². The number of fused-ring (bicyclic) bond motifs is 1. The van der Waals surface area contributed by atoms with E-state index in [0.29, 0.717) is 104 Å². The van der Waals surface area contributed by atoms with Gasteiger partial charge in [0.05, 0.1) is 16.0 Å². The van der Waals surface area contributed by atoms with Crippen molar-refractivity contribution >= 4 is 90.9 Å². The summed E-state index contributed by atoms with van der Waals surface area (Å²) in [5.74, 6) is -2.12. The minimum atomic E-state index is -4.95. The molecule has 0 radical (unpaired) electrons. The molecule has 0 atom stereocenters. The molecule has 5 aliphatic rings. The molecule has 0 spiro atoms. The minimum absolute atomic E-state index is 0.0222. The van der Waals surface area contributed by atoms with E-state index in [0.717, 1.165) is 76.6 Å². The number of carbonyl (C=O) groups excluding carboxylic acids is 5. The molecule has 0 saturated carbocycles. The number of carbonyl (C=O) groups is 5. The monoisotopic (exact) mass is 1620 g/mol. The molecule has 25 heteroatoms. The molecule has 17 nitrogen and oxygen atoms in total. The summed E-state index contributed by atoms with van der Waals surface area (Å²) in [6.45, 7) is 15.9. The van der Waals surface area contributed by atoms with Gasteiger partial charge in [0.1, 0.15) is 11.6 Å². The lowest BCUT2D eigenvalue weighted by atomic mass is 9.87. The third-order valence-electron chi connectivity index (χ3n) is 19.8. The predicted octanol–water partition coefficient (Wildman–Crippen LogP) is 14.8. The molecule has 5 heterocycles. The lowest BCUT2D eigenvalue weighted by Gasteiger charge is -2.36. The van der Waals surface area contributed by atoms with Gasteiger partial charge in [0, 0.05) is 157 Å². The van der Waals surface area contributed by atoms with Crippen LogP contribution in [0.4, 0.5) is 22.0 Å². The second kappa shape index (κ2) is 37.3. The van der Waals surface area contributed by atoms with Crippen molar-refractivity contribution in [2.45, 2.75) is 57.3 Å². The lowest BCUT2D eigenvalue weighted by molar-refractivity contribution is -0.138. The highest BCUT2D eigenvalue weighted by molar-refractivity contribution is 9.10. The minimum Gasteiger partial charge on any atom is -0.454 e. The van der Waals surface area contributed by atoms with Crippen LogP contribution in [0.1, 0.15) is 81.2 Å². The maximum Gasteiger partial charge on any atom is 0.417 e. The Balaban J connectivity index is 0.000000185. The number of amides is 5. The number of benzene rings is 8. The second-order valence-electron chi connectivity index (χ2n) is 28.4. The second-order valence-corrected chi connectivity index (χ2v) is 31.7. The zero-order chi connectivity index (χ0) is 79.0. The summed E-state index contributed by atoms with van der Waals surface area (Å²) in [6.07, 6.45) is 5.05. The molecule has 4 fully saturated rings. The van der Waals surface area contributed by atoms with Crippen LogP contribution < -0.4 is 9.47 Å². The number of sulfonamides is 1. The molecule has 8 aromatic carbocycles. The fourth-order valence-electron chi connectivity index (χ4n) is 13.2. The van der Waals surface area contributed by atoms with Crippen LogP contribution in [-0.2, 0) is 53.9 Å². The smallest absolute Gasteiger partial charge is 0.417 e. The van der Waals surface area contributed by atoms with Crippen molar-refractivity contribution in [2.75, 3.05) is 112 Å². The number of halogens is 7. The van der Waals surface area contributed by atoms with Gasteiger partial charge in [-0.15, -0.1) is 0 Å². The molecule has 0 unspecified atom stereocenters. The summed E-state index contributed by atoms with van der Waals surface area (Å²) in [7, 11) is -3.56. The van der Waals surface area contributed by atoms with Gasteiger partial charge in [-0.25, -0.2) is 17.2 Å². The summed E-state index contributed by atoms with van der Waals surface area (Å²) < 4.78 is 109. The normalized spacial score (nSPS) is 16.3. The fraction of sp³-hybridized carbons (Fsp3) is 0.291. The highest BCUT2D eigenvalue weighted by atomic mass is 79.9. The van der Waals surface area contributed by atoms with Gasteiger partial charge in [-0.3, -0.25) is 33.8 Å². The van der Waals surface area contributed by atoms with E-state index in [1.54, 1.807) is 101 Å². The highest BCUT2D eigenvalue weighted by Gasteiger charge is 2.39. The number of rotatable bonds is 16. The number of nitrogens with zero attached hydrogens (tertiary/aromatic N) is 8. The third-order valence-corrected chi connectivity index (χ3v) is 22.5. The molecule has 4 saturated heterocycles. The van der Waals surface area contributed by atoms with E-state index < -0.39 is 45.0 Å². The Morgan fingerprint density at radius 1 is 0.541 bits per heavy atom. The van der Waals surface area contributed by atoms with Crippen LogP contribution in [0, 0.1) is 18.6 Å². The number of ether oxygens (including phenoxy) is 2. The van der Waals surface area contributed by atoms with Crippen molar-refractivity contribution in [3.63, 3.8) is 0 Å². The van der Waals surface area contributed by atoms with Gasteiger partial charge in [0.2, 0.25) is 34.5 Å². The Bertz CT molecular complexity index is 4860. The van der Waals surface area contributed by atoms with Crippen LogP contribution in [0.5, 0.6) is 11.5 Å². The standard InChI is InChI=1S/C42H37F5N4O5.C24H30N2O3S.C20H20BrClN2O/c43-31-11-12-32(35(24-31)42(45,46)47)40(53)50-18-20-51(21-19-50)41(54)34(22-28-10-13-37-38(23-28)56-27-55-37)33(29-6-2-1-3-7-29)25-39(52)49-16-14-48(15-17-49)26-30-8-4-5-9-36(30)44;1-19-7-5-6-8-20(19)9-14-23(27)25-15-17-26(18-16-25)30(28,29)22-12-10-21(11-13-22)24(2,3)4;21-18-6-1-16(2-7-18)5-10-20(25)24-13-11-23(12-14-24)15-17-3-8-19(22)9-4-17/h1-13,22-25H,14-21,26-27H2;5-14H,15-18H2,1-4H3;1-10H,11-15H2/b33-25+,34-22+;;. The van der Waals surface area contributed by atoms with Gasteiger partial charge >= 0.3 is 6.18 Å². The summed E-state index contributed by atoms with van der Waals surface area (Å²) in [4.78, 5) is 79.5. The first-order chi connectivity index (χ1) is 53.1. The van der Waals surface area contributed by atoms with Crippen LogP contribution in [0.15, 0.2) is 221 Å². The average Bonchev–Trinajstić information content (AvgIpc) is 0.852. The van der Waals surface area contributed by atoms with Gasteiger partial charge in [0.25, 0.3) is 11.8 Å². The Morgan fingerprint density at radius 2 is 1.09 bits per heavy atom.